The van der Waals surface area contributed by atoms with Crippen molar-refractivity contribution in [2.75, 3.05) is 7.05 Å². The normalized spacial score (nSPS) is 23.5. The molecule has 2 saturated heterocycles. The molecule has 5 nitrogen and oxygen atoms in total. The van der Waals surface area contributed by atoms with Crippen LogP contribution in [0.3, 0.4) is 0 Å². The van der Waals surface area contributed by atoms with Gasteiger partial charge in [0.1, 0.15) is 6.04 Å². The van der Waals surface area contributed by atoms with Gasteiger partial charge in [-0.25, -0.2) is 0 Å². The fourth-order valence-corrected chi connectivity index (χ4v) is 5.18. The highest BCUT2D eigenvalue weighted by Gasteiger charge is 2.39. The van der Waals surface area contributed by atoms with Gasteiger partial charge in [-0.05, 0) is 68.1 Å². The van der Waals surface area contributed by atoms with Crippen LogP contribution in [-0.2, 0) is 22.4 Å². The molecule has 4 atom stereocenters. The van der Waals surface area contributed by atoms with Crippen LogP contribution < -0.4 is 10.6 Å². The van der Waals surface area contributed by atoms with Crippen LogP contribution in [0.5, 0.6) is 0 Å². The predicted molar refractivity (Wildman–Crippen MR) is 128 cm³/mol. The smallest absolute Gasteiger partial charge is 0.243 e. The van der Waals surface area contributed by atoms with Crippen molar-refractivity contribution in [2.45, 2.75) is 62.7 Å². The average Bonchev–Trinajstić information content (AvgIpc) is 2.97. The highest BCUT2D eigenvalue weighted by molar-refractivity contribution is 6.30. The van der Waals surface area contributed by atoms with E-state index in [-0.39, 0.29) is 24.3 Å². The number of carbonyl (C=O) groups excluding carboxylic acids is 2. The summed E-state index contributed by atoms with van der Waals surface area (Å²) >= 11 is 11.9. The lowest BCUT2D eigenvalue weighted by Gasteiger charge is -2.37. The van der Waals surface area contributed by atoms with Gasteiger partial charge in [0, 0.05) is 34.6 Å². The van der Waals surface area contributed by atoms with Gasteiger partial charge >= 0.3 is 0 Å². The van der Waals surface area contributed by atoms with E-state index in [9.17, 15) is 9.59 Å². The fraction of sp³-hybridized carbons (Fsp3) is 0.440. The number of hydrogen-bond donors (Lipinski definition) is 2. The first kappa shape index (κ1) is 23.1. The molecule has 2 aromatic carbocycles. The lowest BCUT2D eigenvalue weighted by molar-refractivity contribution is -0.129. The van der Waals surface area contributed by atoms with Crippen LogP contribution in [0.25, 0.3) is 0 Å². The summed E-state index contributed by atoms with van der Waals surface area (Å²) in [5.74, 6) is -0.316. The number of amides is 2. The van der Waals surface area contributed by atoms with E-state index in [1.807, 2.05) is 24.3 Å². The summed E-state index contributed by atoms with van der Waals surface area (Å²) < 4.78 is 0. The summed E-state index contributed by atoms with van der Waals surface area (Å²) in [4.78, 5) is 28.4. The number of hydrogen-bond acceptors (Lipinski definition) is 3. The van der Waals surface area contributed by atoms with Crippen molar-refractivity contribution in [3.8, 4) is 0 Å². The lowest BCUT2D eigenvalue weighted by atomic mass is 9.97. The number of piperidine rings is 1. The van der Waals surface area contributed by atoms with Gasteiger partial charge in [-0.2, -0.15) is 0 Å². The van der Waals surface area contributed by atoms with Gasteiger partial charge < -0.3 is 15.5 Å². The van der Waals surface area contributed by atoms with Crippen molar-refractivity contribution >= 4 is 35.0 Å². The Hall–Kier alpha value is -2.08. The Morgan fingerprint density at radius 3 is 2.03 bits per heavy atom. The lowest BCUT2D eigenvalue weighted by Crippen LogP contribution is -2.54. The number of halogens is 2. The van der Waals surface area contributed by atoms with Crippen LogP contribution in [0, 0.1) is 0 Å². The minimum absolute atomic E-state index is 0.127. The maximum absolute atomic E-state index is 13.2. The van der Waals surface area contributed by atoms with Crippen LogP contribution in [0.1, 0.15) is 36.8 Å². The Bertz CT molecular complexity index is 935. The molecule has 0 aromatic heterocycles. The summed E-state index contributed by atoms with van der Waals surface area (Å²) in [5, 5.41) is 7.44. The van der Waals surface area contributed by atoms with E-state index in [1.165, 1.54) is 12.8 Å². The Balaban J connectivity index is 1.42. The maximum Gasteiger partial charge on any atom is 0.243 e. The van der Waals surface area contributed by atoms with Gasteiger partial charge in [0.2, 0.25) is 11.8 Å². The average molecular weight is 474 g/mol. The molecule has 2 aliphatic rings. The third-order valence-electron chi connectivity index (χ3n) is 6.73. The van der Waals surface area contributed by atoms with Crippen molar-refractivity contribution < 1.29 is 9.59 Å². The summed E-state index contributed by atoms with van der Waals surface area (Å²) in [6.07, 6.45) is 4.92. The van der Waals surface area contributed by atoms with E-state index in [0.717, 1.165) is 24.0 Å². The minimum Gasteiger partial charge on any atom is -0.351 e. The first-order valence-corrected chi connectivity index (χ1v) is 11.9. The molecular formula is C25H29Cl2N3O2. The fourth-order valence-electron chi connectivity index (χ4n) is 4.93. The van der Waals surface area contributed by atoms with Gasteiger partial charge in [0.05, 0.1) is 6.42 Å². The second-order valence-corrected chi connectivity index (χ2v) is 9.85. The zero-order valence-corrected chi connectivity index (χ0v) is 19.7. The minimum atomic E-state index is -0.645. The van der Waals surface area contributed by atoms with E-state index in [0.29, 0.717) is 28.5 Å². The van der Waals surface area contributed by atoms with Crippen molar-refractivity contribution in [3.63, 3.8) is 0 Å². The van der Waals surface area contributed by atoms with Gasteiger partial charge in [-0.3, -0.25) is 9.59 Å². The Kier molecular flexibility index (Phi) is 7.39. The van der Waals surface area contributed by atoms with Gasteiger partial charge in [-0.1, -0.05) is 47.5 Å². The summed E-state index contributed by atoms with van der Waals surface area (Å²) in [6, 6.07) is 15.1. The molecule has 2 fully saturated rings. The molecule has 4 rings (SSSR count). The molecule has 7 heteroatoms. The zero-order valence-electron chi connectivity index (χ0n) is 18.2. The molecular weight excluding hydrogens is 445 g/mol. The largest absolute Gasteiger partial charge is 0.351 e. The molecule has 2 aromatic rings. The van der Waals surface area contributed by atoms with E-state index >= 15 is 0 Å². The van der Waals surface area contributed by atoms with Gasteiger partial charge in [-0.15, -0.1) is 0 Å². The second kappa shape index (κ2) is 10.2. The predicted octanol–water partition coefficient (Wildman–Crippen LogP) is 4.00. The molecule has 2 N–H and O–H groups in total. The molecule has 2 bridgehead atoms. The number of benzene rings is 2. The van der Waals surface area contributed by atoms with Crippen LogP contribution in [0.2, 0.25) is 10.0 Å². The molecule has 0 saturated carbocycles. The van der Waals surface area contributed by atoms with Crippen molar-refractivity contribution in [1.29, 1.82) is 0 Å². The molecule has 170 valence electrons. The summed E-state index contributed by atoms with van der Waals surface area (Å²) in [5.41, 5.74) is 1.80. The molecule has 0 spiro atoms. The number of nitrogens with zero attached hydrogens (tertiary/aromatic N) is 1. The van der Waals surface area contributed by atoms with Gasteiger partial charge in [0.15, 0.2) is 0 Å². The quantitative estimate of drug-likeness (QED) is 0.638. The maximum atomic E-state index is 13.2. The monoisotopic (exact) mass is 473 g/mol. The zero-order chi connectivity index (χ0) is 22.7. The second-order valence-electron chi connectivity index (χ2n) is 8.98. The SMILES string of the molecule is CN1[C@@H]2CC[C@H]1CC(NC(=O)[C@@H](Cc1ccc(Cl)cc1)NC(=O)Cc1ccc(Cl)cc1)C2. The van der Waals surface area contributed by atoms with Crippen LogP contribution in [0.4, 0.5) is 0 Å². The highest BCUT2D eigenvalue weighted by atomic mass is 35.5. The topological polar surface area (TPSA) is 61.4 Å². The third-order valence-corrected chi connectivity index (χ3v) is 7.23. The first-order chi connectivity index (χ1) is 15.4. The van der Waals surface area contributed by atoms with Crippen LogP contribution in [-0.4, -0.2) is 47.9 Å². The number of fused-ring (bicyclic) bond motifs is 2. The molecule has 1 unspecified atom stereocenters. The van der Waals surface area contributed by atoms with Crippen molar-refractivity contribution in [2.24, 2.45) is 0 Å². The van der Waals surface area contributed by atoms with E-state index in [2.05, 4.69) is 22.6 Å². The molecule has 0 aliphatic carbocycles. The van der Waals surface area contributed by atoms with E-state index in [4.69, 9.17) is 23.2 Å². The number of carbonyl (C=O) groups is 2. The van der Waals surface area contributed by atoms with Crippen LogP contribution >= 0.6 is 23.2 Å². The standard InChI is InChI=1S/C25H29Cl2N3O2/c1-30-21-10-11-22(30)15-20(14-21)28-25(32)23(12-16-2-6-18(26)7-3-16)29-24(31)13-17-4-8-19(27)9-5-17/h2-9,20-23H,10-15H2,1H3,(H,28,32)(H,29,31)/t20?,21-,22+,23-/m1/s1. The van der Waals surface area contributed by atoms with Gasteiger partial charge in [0.25, 0.3) is 0 Å². The number of nitrogens with one attached hydrogen (secondary N) is 2. The molecule has 0 radical (unpaired) electrons. The summed E-state index contributed by atoms with van der Waals surface area (Å²) in [7, 11) is 2.18. The van der Waals surface area contributed by atoms with E-state index < -0.39 is 6.04 Å². The highest BCUT2D eigenvalue weighted by Crippen LogP contribution is 2.34. The Labute approximate surface area is 199 Å². The molecule has 2 amide bonds. The van der Waals surface area contributed by atoms with E-state index in [1.54, 1.807) is 24.3 Å². The third kappa shape index (κ3) is 5.83. The number of rotatable bonds is 7. The molecule has 2 aliphatic heterocycles. The Morgan fingerprint density at radius 2 is 1.47 bits per heavy atom. The summed E-state index contributed by atoms with van der Waals surface area (Å²) in [6.45, 7) is 0. The molecule has 32 heavy (non-hydrogen) atoms. The van der Waals surface area contributed by atoms with Crippen LogP contribution in [0.15, 0.2) is 48.5 Å². The van der Waals surface area contributed by atoms with Crippen molar-refractivity contribution in [3.05, 3.63) is 69.7 Å². The Morgan fingerprint density at radius 1 is 0.938 bits per heavy atom. The first-order valence-electron chi connectivity index (χ1n) is 11.2. The van der Waals surface area contributed by atoms with Crippen molar-refractivity contribution in [1.82, 2.24) is 15.5 Å². The molecule has 2 heterocycles.